The van der Waals surface area contributed by atoms with Crippen LogP contribution in [0.3, 0.4) is 0 Å². The molecule has 0 aliphatic rings. The summed E-state index contributed by atoms with van der Waals surface area (Å²) in [6, 6.07) is 18.1. The first-order chi connectivity index (χ1) is 18.3. The number of halogens is 2. The summed E-state index contributed by atoms with van der Waals surface area (Å²) in [5.74, 6) is 0.639. The van der Waals surface area contributed by atoms with E-state index in [1.165, 1.54) is 11.8 Å². The number of thioether (sulfide) groups is 1. The highest BCUT2D eigenvalue weighted by Gasteiger charge is 2.25. The van der Waals surface area contributed by atoms with Crippen molar-refractivity contribution in [3.05, 3.63) is 82.1 Å². The zero-order chi connectivity index (χ0) is 27.2. The first kappa shape index (κ1) is 28.0. The number of hydrogen-bond acceptors (Lipinski definition) is 5. The molecule has 2 N–H and O–H groups in total. The van der Waals surface area contributed by atoms with Gasteiger partial charge >= 0.3 is 0 Å². The summed E-state index contributed by atoms with van der Waals surface area (Å²) in [5, 5.41) is 18.2. The standard InChI is InChI=1S/C28H29Cl2N5O2S/c1-4-35-26(24(14-17(2)3)32-27(37)21-13-12-19(29)15-22(21)30)33-34-28(35)38-16-25(36)31-23-11-7-9-18-8-5-6-10-20(18)23/h5-13,15,17,24H,4,14,16H2,1-3H3,(H,31,36)(H,32,37)/t24-/m0/s1. The number of carbonyl (C=O) groups is 2. The van der Waals surface area contributed by atoms with Gasteiger partial charge < -0.3 is 15.2 Å². The van der Waals surface area contributed by atoms with Gasteiger partial charge in [0.1, 0.15) is 0 Å². The van der Waals surface area contributed by atoms with Crippen LogP contribution in [0.15, 0.2) is 65.8 Å². The summed E-state index contributed by atoms with van der Waals surface area (Å²) in [6.45, 7) is 6.72. The van der Waals surface area contributed by atoms with Gasteiger partial charge in [0.25, 0.3) is 5.91 Å². The van der Waals surface area contributed by atoms with Crippen molar-refractivity contribution < 1.29 is 9.59 Å². The fourth-order valence-corrected chi connectivity index (χ4v) is 5.53. The zero-order valence-electron chi connectivity index (χ0n) is 21.4. The molecule has 0 bridgehead atoms. The molecule has 0 aliphatic heterocycles. The van der Waals surface area contributed by atoms with Crippen LogP contribution in [0.4, 0.5) is 5.69 Å². The molecule has 0 saturated carbocycles. The highest BCUT2D eigenvalue weighted by Crippen LogP contribution is 2.28. The molecule has 0 aliphatic carbocycles. The average molecular weight is 571 g/mol. The van der Waals surface area contributed by atoms with Crippen LogP contribution in [0, 0.1) is 5.92 Å². The van der Waals surface area contributed by atoms with Crippen LogP contribution in [-0.4, -0.2) is 32.3 Å². The molecule has 7 nitrogen and oxygen atoms in total. The lowest BCUT2D eigenvalue weighted by atomic mass is 10.0. The molecule has 1 atom stereocenters. The van der Waals surface area contributed by atoms with Gasteiger partial charge in [-0.2, -0.15) is 0 Å². The molecule has 1 heterocycles. The minimum Gasteiger partial charge on any atom is -0.342 e. The van der Waals surface area contributed by atoms with E-state index in [0.29, 0.717) is 34.5 Å². The lowest BCUT2D eigenvalue weighted by Gasteiger charge is -2.21. The lowest BCUT2D eigenvalue weighted by Crippen LogP contribution is -2.32. The molecular formula is C28H29Cl2N5O2S. The number of hydrogen-bond donors (Lipinski definition) is 2. The van der Waals surface area contributed by atoms with Crippen molar-refractivity contribution >= 4 is 63.2 Å². The van der Waals surface area contributed by atoms with Gasteiger partial charge in [-0.1, -0.05) is 85.2 Å². The predicted molar refractivity (Wildman–Crippen MR) is 155 cm³/mol. The van der Waals surface area contributed by atoms with Gasteiger partial charge in [0.2, 0.25) is 5.91 Å². The van der Waals surface area contributed by atoms with Gasteiger partial charge in [0, 0.05) is 22.6 Å². The van der Waals surface area contributed by atoms with Gasteiger partial charge in [-0.05, 0) is 48.9 Å². The van der Waals surface area contributed by atoms with Crippen molar-refractivity contribution in [3.8, 4) is 0 Å². The van der Waals surface area contributed by atoms with E-state index in [0.717, 1.165) is 16.5 Å². The van der Waals surface area contributed by atoms with Gasteiger partial charge in [0.15, 0.2) is 11.0 Å². The van der Waals surface area contributed by atoms with Crippen LogP contribution in [-0.2, 0) is 11.3 Å². The molecule has 3 aromatic carbocycles. The molecule has 0 unspecified atom stereocenters. The molecule has 38 heavy (non-hydrogen) atoms. The van der Waals surface area contributed by atoms with E-state index in [4.69, 9.17) is 23.2 Å². The molecule has 4 aromatic rings. The van der Waals surface area contributed by atoms with Crippen LogP contribution in [0.25, 0.3) is 10.8 Å². The Morgan fingerprint density at radius 1 is 1.03 bits per heavy atom. The first-order valence-corrected chi connectivity index (χ1v) is 14.1. The maximum Gasteiger partial charge on any atom is 0.253 e. The third-order valence-electron chi connectivity index (χ3n) is 5.96. The van der Waals surface area contributed by atoms with E-state index in [1.807, 2.05) is 54.0 Å². The molecule has 4 rings (SSSR count). The topological polar surface area (TPSA) is 88.9 Å². The number of rotatable bonds is 10. The van der Waals surface area contributed by atoms with Gasteiger partial charge in [-0.25, -0.2) is 0 Å². The maximum atomic E-state index is 13.1. The summed E-state index contributed by atoms with van der Waals surface area (Å²) >= 11 is 13.6. The quantitative estimate of drug-likeness (QED) is 0.200. The molecule has 0 radical (unpaired) electrons. The zero-order valence-corrected chi connectivity index (χ0v) is 23.7. The Morgan fingerprint density at radius 2 is 1.79 bits per heavy atom. The summed E-state index contributed by atoms with van der Waals surface area (Å²) in [6.07, 6.45) is 0.654. The molecule has 10 heteroatoms. The molecule has 1 aromatic heterocycles. The summed E-state index contributed by atoms with van der Waals surface area (Å²) in [7, 11) is 0. The molecular weight excluding hydrogens is 541 g/mol. The fraction of sp³-hybridized carbons (Fsp3) is 0.286. The number of aromatic nitrogens is 3. The third kappa shape index (κ3) is 6.67. The Labute approximate surface area is 236 Å². The van der Waals surface area contributed by atoms with Crippen LogP contribution in [0.5, 0.6) is 0 Å². The number of amides is 2. The van der Waals surface area contributed by atoms with E-state index >= 15 is 0 Å². The normalized spacial score (nSPS) is 12.1. The largest absolute Gasteiger partial charge is 0.342 e. The van der Waals surface area contributed by atoms with E-state index in [2.05, 4.69) is 34.7 Å². The van der Waals surface area contributed by atoms with E-state index in [-0.39, 0.29) is 34.5 Å². The van der Waals surface area contributed by atoms with E-state index in [1.54, 1.807) is 18.2 Å². The van der Waals surface area contributed by atoms with E-state index < -0.39 is 0 Å². The second-order valence-electron chi connectivity index (χ2n) is 9.23. The van der Waals surface area contributed by atoms with Gasteiger partial charge in [-0.15, -0.1) is 10.2 Å². The Balaban J connectivity index is 1.49. The minimum absolute atomic E-state index is 0.136. The number of fused-ring (bicyclic) bond motifs is 1. The van der Waals surface area contributed by atoms with Crippen LogP contribution < -0.4 is 10.6 Å². The highest BCUT2D eigenvalue weighted by atomic mass is 35.5. The molecule has 0 fully saturated rings. The van der Waals surface area contributed by atoms with Crippen molar-refractivity contribution in [2.24, 2.45) is 5.92 Å². The monoisotopic (exact) mass is 569 g/mol. The average Bonchev–Trinajstić information content (AvgIpc) is 3.30. The van der Waals surface area contributed by atoms with Crippen molar-refractivity contribution in [2.45, 2.75) is 44.9 Å². The highest BCUT2D eigenvalue weighted by molar-refractivity contribution is 7.99. The Bertz CT molecular complexity index is 1450. The summed E-state index contributed by atoms with van der Waals surface area (Å²) in [5.41, 5.74) is 1.11. The summed E-state index contributed by atoms with van der Waals surface area (Å²) < 4.78 is 1.94. The second kappa shape index (κ2) is 12.7. The van der Waals surface area contributed by atoms with E-state index in [9.17, 15) is 9.59 Å². The fourth-order valence-electron chi connectivity index (χ4n) is 4.22. The van der Waals surface area contributed by atoms with Gasteiger partial charge in [0.05, 0.1) is 22.4 Å². The second-order valence-corrected chi connectivity index (χ2v) is 11.0. The Hall–Kier alpha value is -3.07. The molecule has 2 amide bonds. The van der Waals surface area contributed by atoms with Crippen LogP contribution in [0.2, 0.25) is 10.0 Å². The van der Waals surface area contributed by atoms with Crippen molar-refractivity contribution in [2.75, 3.05) is 11.1 Å². The van der Waals surface area contributed by atoms with Gasteiger partial charge in [-0.3, -0.25) is 9.59 Å². The first-order valence-electron chi connectivity index (χ1n) is 12.4. The minimum atomic E-state index is -0.388. The van der Waals surface area contributed by atoms with Crippen LogP contribution >= 0.6 is 35.0 Å². The van der Waals surface area contributed by atoms with Crippen molar-refractivity contribution in [1.82, 2.24) is 20.1 Å². The smallest absolute Gasteiger partial charge is 0.253 e. The predicted octanol–water partition coefficient (Wildman–Crippen LogP) is 7.01. The lowest BCUT2D eigenvalue weighted by molar-refractivity contribution is -0.113. The molecule has 0 spiro atoms. The number of anilines is 1. The van der Waals surface area contributed by atoms with Crippen molar-refractivity contribution in [1.29, 1.82) is 0 Å². The third-order valence-corrected chi connectivity index (χ3v) is 7.47. The summed E-state index contributed by atoms with van der Waals surface area (Å²) in [4.78, 5) is 25.9. The Morgan fingerprint density at radius 3 is 2.53 bits per heavy atom. The van der Waals surface area contributed by atoms with Crippen LogP contribution in [0.1, 0.15) is 49.4 Å². The number of nitrogens with zero attached hydrogens (tertiary/aromatic N) is 3. The number of nitrogens with one attached hydrogen (secondary N) is 2. The SMILES string of the molecule is CCn1c(SCC(=O)Nc2cccc3ccccc23)nnc1[C@H](CC(C)C)NC(=O)c1ccc(Cl)cc1Cl. The van der Waals surface area contributed by atoms with Crippen molar-refractivity contribution in [3.63, 3.8) is 0 Å². The maximum absolute atomic E-state index is 13.1. The molecule has 198 valence electrons. The number of benzene rings is 3. The Kier molecular flexibility index (Phi) is 9.31. The number of carbonyl (C=O) groups excluding carboxylic acids is 2. The molecule has 0 saturated heterocycles.